The van der Waals surface area contributed by atoms with Gasteiger partial charge >= 0.3 is 5.97 Å². The lowest BCUT2D eigenvalue weighted by atomic mass is 9.99. The molecule has 0 saturated heterocycles. The fourth-order valence-corrected chi connectivity index (χ4v) is 1.68. The van der Waals surface area contributed by atoms with Gasteiger partial charge in [0.25, 0.3) is 0 Å². The fourth-order valence-electron chi connectivity index (χ4n) is 1.42. The van der Waals surface area contributed by atoms with E-state index < -0.39 is 29.1 Å². The molecule has 0 saturated carbocycles. The molecule has 104 valence electrons. The van der Waals surface area contributed by atoms with Gasteiger partial charge in [-0.3, -0.25) is 9.59 Å². The predicted molar refractivity (Wildman–Crippen MR) is 70.7 cm³/mol. The highest BCUT2D eigenvalue weighted by molar-refractivity contribution is 6.34. The maximum absolute atomic E-state index is 12.9. The second-order valence-electron chi connectivity index (χ2n) is 5.24. The lowest BCUT2D eigenvalue weighted by Gasteiger charge is -2.21. The monoisotopic (exact) mass is 286 g/mol. The van der Waals surface area contributed by atoms with Crippen LogP contribution in [0.5, 0.6) is 0 Å². The SMILES string of the molecule is CC(C(=O)OC(C)(C)C)C(=O)c1ccc(F)cc1Cl. The van der Waals surface area contributed by atoms with Crippen molar-refractivity contribution in [3.8, 4) is 0 Å². The van der Waals surface area contributed by atoms with Crippen molar-refractivity contribution in [2.75, 3.05) is 0 Å². The predicted octanol–water partition coefficient (Wildman–Crippen LogP) is 3.64. The van der Waals surface area contributed by atoms with E-state index in [-0.39, 0.29) is 10.6 Å². The highest BCUT2D eigenvalue weighted by atomic mass is 35.5. The Morgan fingerprint density at radius 3 is 2.37 bits per heavy atom. The van der Waals surface area contributed by atoms with Crippen molar-refractivity contribution in [3.05, 3.63) is 34.6 Å². The molecular formula is C14H16ClFO3. The molecule has 3 nitrogen and oxygen atoms in total. The highest BCUT2D eigenvalue weighted by Gasteiger charge is 2.29. The van der Waals surface area contributed by atoms with Crippen molar-refractivity contribution >= 4 is 23.4 Å². The molecule has 0 aliphatic heterocycles. The summed E-state index contributed by atoms with van der Waals surface area (Å²) in [5, 5.41) is -0.0135. The van der Waals surface area contributed by atoms with E-state index in [1.165, 1.54) is 13.0 Å². The second kappa shape index (κ2) is 5.70. The Labute approximate surface area is 116 Å². The largest absolute Gasteiger partial charge is 0.459 e. The number of ketones is 1. The van der Waals surface area contributed by atoms with Crippen LogP contribution in [0.1, 0.15) is 38.1 Å². The first-order valence-corrected chi connectivity index (χ1v) is 6.22. The van der Waals surface area contributed by atoms with E-state index in [0.717, 1.165) is 12.1 Å². The molecule has 0 N–H and O–H groups in total. The van der Waals surface area contributed by atoms with Gasteiger partial charge in [0.05, 0.1) is 5.02 Å². The van der Waals surface area contributed by atoms with Gasteiger partial charge in [0.15, 0.2) is 5.78 Å². The molecule has 1 atom stereocenters. The van der Waals surface area contributed by atoms with E-state index in [1.54, 1.807) is 20.8 Å². The number of Topliss-reactive ketones (excluding diaryl/α,β-unsaturated/α-hetero) is 1. The molecule has 0 aromatic heterocycles. The number of esters is 1. The van der Waals surface area contributed by atoms with Gasteiger partial charge in [0.1, 0.15) is 17.3 Å². The summed E-state index contributed by atoms with van der Waals surface area (Å²) in [6, 6.07) is 3.43. The first-order chi connectivity index (χ1) is 8.61. The minimum atomic E-state index is -0.984. The summed E-state index contributed by atoms with van der Waals surface area (Å²) in [7, 11) is 0. The van der Waals surface area contributed by atoms with Gasteiger partial charge in [0, 0.05) is 5.56 Å². The van der Waals surface area contributed by atoms with Crippen molar-refractivity contribution < 1.29 is 18.7 Å². The van der Waals surface area contributed by atoms with E-state index in [2.05, 4.69) is 0 Å². The first-order valence-electron chi connectivity index (χ1n) is 5.84. The average Bonchev–Trinajstić information content (AvgIpc) is 2.24. The van der Waals surface area contributed by atoms with Crippen molar-refractivity contribution in [2.45, 2.75) is 33.3 Å². The van der Waals surface area contributed by atoms with Gasteiger partial charge in [-0.1, -0.05) is 11.6 Å². The summed E-state index contributed by atoms with van der Waals surface area (Å²) in [6.45, 7) is 6.59. The first kappa shape index (κ1) is 15.6. The molecular weight excluding hydrogens is 271 g/mol. The number of benzene rings is 1. The van der Waals surface area contributed by atoms with Crippen LogP contribution in [0.3, 0.4) is 0 Å². The Morgan fingerprint density at radius 1 is 1.32 bits per heavy atom. The number of halogens is 2. The average molecular weight is 287 g/mol. The molecule has 0 radical (unpaired) electrons. The third-order valence-corrected chi connectivity index (χ3v) is 2.66. The zero-order valence-corrected chi connectivity index (χ0v) is 12.0. The summed E-state index contributed by atoms with van der Waals surface area (Å²) < 4.78 is 18.0. The molecule has 0 bridgehead atoms. The van der Waals surface area contributed by atoms with Crippen molar-refractivity contribution in [1.29, 1.82) is 0 Å². The Morgan fingerprint density at radius 2 is 1.89 bits per heavy atom. The van der Waals surface area contributed by atoms with Crippen LogP contribution in [0.4, 0.5) is 4.39 Å². The minimum absolute atomic E-state index is 0.0135. The van der Waals surface area contributed by atoms with Crippen LogP contribution in [-0.2, 0) is 9.53 Å². The van der Waals surface area contributed by atoms with E-state index in [0.29, 0.717) is 0 Å². The quantitative estimate of drug-likeness (QED) is 0.484. The fraction of sp³-hybridized carbons (Fsp3) is 0.429. The molecule has 1 rings (SSSR count). The molecule has 1 unspecified atom stereocenters. The molecule has 1 aromatic rings. The van der Waals surface area contributed by atoms with Crippen LogP contribution in [0.15, 0.2) is 18.2 Å². The number of carbonyl (C=O) groups excluding carboxylic acids is 2. The number of carbonyl (C=O) groups is 2. The lowest BCUT2D eigenvalue weighted by molar-refractivity contribution is -0.157. The molecule has 0 aliphatic carbocycles. The summed E-state index contributed by atoms with van der Waals surface area (Å²) in [6.07, 6.45) is 0. The smallest absolute Gasteiger partial charge is 0.317 e. The number of ether oxygens (including phenoxy) is 1. The van der Waals surface area contributed by atoms with E-state index in [1.807, 2.05) is 0 Å². The van der Waals surface area contributed by atoms with Crippen molar-refractivity contribution in [1.82, 2.24) is 0 Å². The normalized spacial score (nSPS) is 12.9. The molecule has 0 heterocycles. The Bertz CT molecular complexity index is 506. The Kier molecular flexibility index (Phi) is 4.69. The van der Waals surface area contributed by atoms with Gasteiger partial charge in [-0.05, 0) is 45.9 Å². The van der Waals surface area contributed by atoms with Crippen LogP contribution in [0, 0.1) is 11.7 Å². The van der Waals surface area contributed by atoms with Crippen LogP contribution >= 0.6 is 11.6 Å². The summed E-state index contributed by atoms with van der Waals surface area (Å²) in [5.74, 6) is -2.63. The van der Waals surface area contributed by atoms with E-state index in [4.69, 9.17) is 16.3 Å². The number of rotatable bonds is 3. The Balaban J connectivity index is 2.91. The lowest BCUT2D eigenvalue weighted by Crippen LogP contribution is -2.31. The van der Waals surface area contributed by atoms with Gasteiger partial charge in [-0.2, -0.15) is 0 Å². The van der Waals surface area contributed by atoms with Crippen LogP contribution in [0.2, 0.25) is 5.02 Å². The second-order valence-corrected chi connectivity index (χ2v) is 5.65. The van der Waals surface area contributed by atoms with Crippen LogP contribution in [-0.4, -0.2) is 17.4 Å². The van der Waals surface area contributed by atoms with Gasteiger partial charge in [0.2, 0.25) is 0 Å². The van der Waals surface area contributed by atoms with Gasteiger partial charge < -0.3 is 4.74 Å². The summed E-state index contributed by atoms with van der Waals surface area (Å²) in [4.78, 5) is 23.9. The standard InChI is InChI=1S/C14H16ClFO3/c1-8(13(18)19-14(2,3)4)12(17)10-6-5-9(16)7-11(10)15/h5-8H,1-4H3. The molecule has 19 heavy (non-hydrogen) atoms. The zero-order valence-electron chi connectivity index (χ0n) is 11.3. The third kappa shape index (κ3) is 4.31. The molecule has 5 heteroatoms. The molecule has 0 spiro atoms. The molecule has 1 aromatic carbocycles. The number of hydrogen-bond acceptors (Lipinski definition) is 3. The molecule has 0 amide bonds. The van der Waals surface area contributed by atoms with Crippen molar-refractivity contribution in [3.63, 3.8) is 0 Å². The Hall–Kier alpha value is -1.42. The minimum Gasteiger partial charge on any atom is -0.459 e. The number of hydrogen-bond donors (Lipinski definition) is 0. The van der Waals surface area contributed by atoms with Gasteiger partial charge in [-0.25, -0.2) is 4.39 Å². The van der Waals surface area contributed by atoms with Crippen LogP contribution < -0.4 is 0 Å². The zero-order chi connectivity index (χ0) is 14.8. The summed E-state index contributed by atoms with van der Waals surface area (Å²) >= 11 is 5.79. The topological polar surface area (TPSA) is 43.4 Å². The van der Waals surface area contributed by atoms with E-state index >= 15 is 0 Å². The maximum Gasteiger partial charge on any atom is 0.317 e. The highest BCUT2D eigenvalue weighted by Crippen LogP contribution is 2.22. The maximum atomic E-state index is 12.9. The third-order valence-electron chi connectivity index (χ3n) is 2.35. The van der Waals surface area contributed by atoms with Crippen LogP contribution in [0.25, 0.3) is 0 Å². The molecule has 0 aliphatic rings. The van der Waals surface area contributed by atoms with Crippen molar-refractivity contribution in [2.24, 2.45) is 5.92 Å². The summed E-state index contributed by atoms with van der Waals surface area (Å²) in [5.41, 5.74) is -0.556. The van der Waals surface area contributed by atoms with Gasteiger partial charge in [-0.15, -0.1) is 0 Å². The van der Waals surface area contributed by atoms with E-state index in [9.17, 15) is 14.0 Å². The molecule has 0 fully saturated rings.